The smallest absolute Gasteiger partial charge is 0.0928 e. The van der Waals surface area contributed by atoms with Gasteiger partial charge in [0.2, 0.25) is 0 Å². The van der Waals surface area contributed by atoms with Crippen molar-refractivity contribution in [1.29, 1.82) is 0 Å². The molecular formula is C8H13NO2S. The second-order valence-corrected chi connectivity index (χ2v) is 3.72. The van der Waals surface area contributed by atoms with E-state index in [0.29, 0.717) is 6.42 Å². The number of aliphatic hydroxyl groups excluding tert-OH is 2. The number of hydrogen-bond donors (Lipinski definition) is 2. The number of thiazole rings is 1. The molecule has 12 heavy (non-hydrogen) atoms. The average Bonchev–Trinajstić information content (AvgIpc) is 2.50. The fourth-order valence-corrected chi connectivity index (χ4v) is 1.87. The Balaban J connectivity index is 2.41. The third kappa shape index (κ3) is 2.89. The summed E-state index contributed by atoms with van der Waals surface area (Å²) < 4.78 is 0. The zero-order valence-electron chi connectivity index (χ0n) is 6.86. The Hall–Kier alpha value is -0.450. The summed E-state index contributed by atoms with van der Waals surface area (Å²) in [5.74, 6) is 0. The first-order valence-corrected chi connectivity index (χ1v) is 4.83. The molecule has 1 aromatic rings. The second-order valence-electron chi connectivity index (χ2n) is 2.52. The number of aliphatic hydroxyl groups is 2. The molecule has 1 rings (SSSR count). The normalized spacial score (nSPS) is 10.5. The van der Waals surface area contributed by atoms with Crippen LogP contribution in [0.1, 0.15) is 16.3 Å². The molecule has 0 radical (unpaired) electrons. The lowest BCUT2D eigenvalue weighted by Crippen LogP contribution is -1.87. The van der Waals surface area contributed by atoms with Crippen LogP contribution in [0.15, 0.2) is 6.20 Å². The highest BCUT2D eigenvalue weighted by atomic mass is 32.1. The maximum atomic E-state index is 8.64. The van der Waals surface area contributed by atoms with Crippen molar-refractivity contribution in [1.82, 2.24) is 4.98 Å². The minimum absolute atomic E-state index is 0.182. The Kier molecular flexibility index (Phi) is 4.21. The first-order valence-electron chi connectivity index (χ1n) is 4.02. The third-order valence-corrected chi connectivity index (χ3v) is 2.63. The van der Waals surface area contributed by atoms with Crippen molar-refractivity contribution in [3.8, 4) is 0 Å². The Morgan fingerprint density at radius 3 is 2.75 bits per heavy atom. The van der Waals surface area contributed by atoms with Gasteiger partial charge in [-0.05, 0) is 6.42 Å². The van der Waals surface area contributed by atoms with E-state index < -0.39 is 0 Å². The predicted molar refractivity (Wildman–Crippen MR) is 48.3 cm³/mol. The Morgan fingerprint density at radius 2 is 2.08 bits per heavy atom. The molecule has 0 aliphatic carbocycles. The van der Waals surface area contributed by atoms with Crippen LogP contribution in [0.2, 0.25) is 0 Å². The van der Waals surface area contributed by atoms with E-state index in [4.69, 9.17) is 10.2 Å². The van der Waals surface area contributed by atoms with Crippen molar-refractivity contribution in [2.45, 2.75) is 19.3 Å². The minimum atomic E-state index is 0.182. The second kappa shape index (κ2) is 5.24. The fraction of sp³-hybridized carbons (Fsp3) is 0.625. The van der Waals surface area contributed by atoms with E-state index in [1.54, 1.807) is 17.5 Å². The van der Waals surface area contributed by atoms with Crippen LogP contribution in [0.4, 0.5) is 0 Å². The first-order chi connectivity index (χ1) is 5.86. The highest BCUT2D eigenvalue weighted by Gasteiger charge is 2.00. The summed E-state index contributed by atoms with van der Waals surface area (Å²) in [6, 6.07) is 0. The van der Waals surface area contributed by atoms with E-state index in [1.807, 2.05) is 0 Å². The molecule has 0 aliphatic rings. The Morgan fingerprint density at radius 1 is 1.25 bits per heavy atom. The van der Waals surface area contributed by atoms with Crippen molar-refractivity contribution in [3.05, 3.63) is 16.1 Å². The molecule has 0 saturated heterocycles. The third-order valence-electron chi connectivity index (χ3n) is 1.51. The molecule has 3 nitrogen and oxygen atoms in total. The SMILES string of the molecule is OCCCc1ncc(CCO)s1. The molecule has 0 amide bonds. The van der Waals surface area contributed by atoms with E-state index in [-0.39, 0.29) is 13.2 Å². The molecule has 0 saturated carbocycles. The maximum absolute atomic E-state index is 8.64. The summed E-state index contributed by atoms with van der Waals surface area (Å²) in [7, 11) is 0. The van der Waals surface area contributed by atoms with Crippen LogP contribution in [0.3, 0.4) is 0 Å². The lowest BCUT2D eigenvalue weighted by Gasteiger charge is -1.90. The van der Waals surface area contributed by atoms with Crippen LogP contribution in [-0.4, -0.2) is 28.4 Å². The van der Waals surface area contributed by atoms with Crippen LogP contribution < -0.4 is 0 Å². The van der Waals surface area contributed by atoms with Crippen molar-refractivity contribution in [2.75, 3.05) is 13.2 Å². The van der Waals surface area contributed by atoms with Crippen LogP contribution in [0.5, 0.6) is 0 Å². The molecule has 1 heterocycles. The summed E-state index contributed by atoms with van der Waals surface area (Å²) in [4.78, 5) is 5.28. The molecule has 0 fully saturated rings. The first kappa shape index (κ1) is 9.64. The highest BCUT2D eigenvalue weighted by molar-refractivity contribution is 7.11. The summed E-state index contributed by atoms with van der Waals surface area (Å²) in [5.41, 5.74) is 0. The van der Waals surface area contributed by atoms with Crippen LogP contribution >= 0.6 is 11.3 Å². The van der Waals surface area contributed by atoms with Gasteiger partial charge in [0.15, 0.2) is 0 Å². The van der Waals surface area contributed by atoms with Crippen molar-refractivity contribution >= 4 is 11.3 Å². The number of rotatable bonds is 5. The van der Waals surface area contributed by atoms with Gasteiger partial charge in [0.05, 0.1) is 5.01 Å². The van der Waals surface area contributed by atoms with Gasteiger partial charge in [-0.25, -0.2) is 4.98 Å². The average molecular weight is 187 g/mol. The summed E-state index contributed by atoms with van der Waals surface area (Å²) in [6.07, 6.45) is 4.10. The van der Waals surface area contributed by atoms with E-state index in [2.05, 4.69) is 4.98 Å². The molecule has 68 valence electrons. The molecule has 0 aliphatic heterocycles. The van der Waals surface area contributed by atoms with E-state index in [1.165, 1.54) is 0 Å². The van der Waals surface area contributed by atoms with Crippen LogP contribution in [0.25, 0.3) is 0 Å². The van der Waals surface area contributed by atoms with Gasteiger partial charge in [-0.1, -0.05) is 0 Å². The molecule has 0 spiro atoms. The number of aryl methyl sites for hydroxylation is 1. The number of aromatic nitrogens is 1. The topological polar surface area (TPSA) is 53.4 Å². The quantitative estimate of drug-likeness (QED) is 0.710. The van der Waals surface area contributed by atoms with Gasteiger partial charge in [-0.3, -0.25) is 0 Å². The fourth-order valence-electron chi connectivity index (χ4n) is 0.920. The van der Waals surface area contributed by atoms with Gasteiger partial charge in [-0.15, -0.1) is 11.3 Å². The molecule has 0 atom stereocenters. The Bertz CT molecular complexity index is 225. The van der Waals surface area contributed by atoms with Crippen molar-refractivity contribution in [3.63, 3.8) is 0 Å². The molecule has 0 aromatic carbocycles. The molecule has 0 unspecified atom stereocenters. The van der Waals surface area contributed by atoms with Gasteiger partial charge >= 0.3 is 0 Å². The molecule has 2 N–H and O–H groups in total. The van der Waals surface area contributed by atoms with Crippen LogP contribution in [-0.2, 0) is 12.8 Å². The van der Waals surface area contributed by atoms with Crippen LogP contribution in [0, 0.1) is 0 Å². The highest BCUT2D eigenvalue weighted by Crippen LogP contribution is 2.14. The van der Waals surface area contributed by atoms with E-state index in [9.17, 15) is 0 Å². The maximum Gasteiger partial charge on any atom is 0.0928 e. The molecule has 0 bridgehead atoms. The summed E-state index contributed by atoms with van der Waals surface area (Å²) >= 11 is 1.62. The monoisotopic (exact) mass is 187 g/mol. The number of hydrogen-bond acceptors (Lipinski definition) is 4. The summed E-state index contributed by atoms with van der Waals surface area (Å²) in [5, 5.41) is 18.3. The standard InChI is InChI=1S/C8H13NO2S/c10-4-1-2-8-9-6-7(12-8)3-5-11/h6,10-11H,1-5H2. The molecule has 4 heteroatoms. The zero-order valence-corrected chi connectivity index (χ0v) is 7.68. The van der Waals surface area contributed by atoms with Gasteiger partial charge in [0, 0.05) is 37.1 Å². The van der Waals surface area contributed by atoms with Gasteiger partial charge in [0.1, 0.15) is 0 Å². The minimum Gasteiger partial charge on any atom is -0.396 e. The lowest BCUT2D eigenvalue weighted by molar-refractivity contribution is 0.288. The lowest BCUT2D eigenvalue weighted by atomic mass is 10.3. The molecule has 1 aromatic heterocycles. The molecular weight excluding hydrogens is 174 g/mol. The Labute approximate surface area is 75.7 Å². The van der Waals surface area contributed by atoms with Crippen molar-refractivity contribution in [2.24, 2.45) is 0 Å². The summed E-state index contributed by atoms with van der Waals surface area (Å²) in [6.45, 7) is 0.399. The zero-order chi connectivity index (χ0) is 8.81. The largest absolute Gasteiger partial charge is 0.396 e. The van der Waals surface area contributed by atoms with Gasteiger partial charge in [0.25, 0.3) is 0 Å². The van der Waals surface area contributed by atoms with E-state index in [0.717, 1.165) is 22.7 Å². The number of nitrogens with zero attached hydrogens (tertiary/aromatic N) is 1. The van der Waals surface area contributed by atoms with E-state index >= 15 is 0 Å². The van der Waals surface area contributed by atoms with Gasteiger partial charge < -0.3 is 10.2 Å². The van der Waals surface area contributed by atoms with Gasteiger partial charge in [-0.2, -0.15) is 0 Å². The van der Waals surface area contributed by atoms with Crippen molar-refractivity contribution < 1.29 is 10.2 Å². The predicted octanol–water partition coefficient (Wildman–Crippen LogP) is 0.603.